The molecule has 1 aromatic heterocycles. The van der Waals surface area contributed by atoms with E-state index >= 15 is 0 Å². The van der Waals surface area contributed by atoms with Crippen molar-refractivity contribution in [3.8, 4) is 0 Å². The molecular weight excluding hydrogens is 271 g/mol. The Labute approximate surface area is 108 Å². The molecule has 7 heteroatoms. The van der Waals surface area contributed by atoms with E-state index < -0.39 is 5.97 Å². The summed E-state index contributed by atoms with van der Waals surface area (Å²) in [5, 5.41) is 0.432. The Balaban J connectivity index is 3.16. The zero-order valence-corrected chi connectivity index (χ0v) is 11.3. The van der Waals surface area contributed by atoms with E-state index in [-0.39, 0.29) is 22.1 Å². The molecule has 1 heterocycles. The molecule has 0 fully saturated rings. The third kappa shape index (κ3) is 3.23. The van der Waals surface area contributed by atoms with Crippen LogP contribution in [0.5, 0.6) is 0 Å². The number of halogens is 2. The highest BCUT2D eigenvalue weighted by molar-refractivity contribution is 7.98. The van der Waals surface area contributed by atoms with Crippen LogP contribution in [0.1, 0.15) is 24.2 Å². The van der Waals surface area contributed by atoms with Crippen molar-refractivity contribution in [2.24, 2.45) is 0 Å². The minimum atomic E-state index is -0.541. The molecule has 0 N–H and O–H groups in total. The Hall–Kier alpha value is -0.520. The molecule has 0 saturated carbocycles. The lowest BCUT2D eigenvalue weighted by atomic mass is 10.3. The van der Waals surface area contributed by atoms with Gasteiger partial charge in [-0.15, -0.1) is 11.8 Å². The average molecular weight is 281 g/mol. The van der Waals surface area contributed by atoms with Crippen LogP contribution in [0, 0.1) is 0 Å². The van der Waals surface area contributed by atoms with E-state index in [4.69, 9.17) is 27.9 Å². The average Bonchev–Trinajstić information content (AvgIpc) is 2.14. The zero-order chi connectivity index (χ0) is 12.3. The van der Waals surface area contributed by atoms with Gasteiger partial charge in [0.25, 0.3) is 0 Å². The van der Waals surface area contributed by atoms with Crippen molar-refractivity contribution in [3.05, 3.63) is 16.0 Å². The molecule has 0 saturated heterocycles. The first-order valence-corrected chi connectivity index (χ1v) is 6.41. The van der Waals surface area contributed by atoms with Crippen molar-refractivity contribution >= 4 is 40.9 Å². The molecule has 1 rings (SSSR count). The van der Waals surface area contributed by atoms with Crippen LogP contribution in [0.25, 0.3) is 0 Å². The van der Waals surface area contributed by atoms with Gasteiger partial charge in [-0.2, -0.15) is 0 Å². The fraction of sp³-hybridized carbons (Fsp3) is 0.444. The summed E-state index contributed by atoms with van der Waals surface area (Å²) in [6.45, 7) is 3.50. The molecule has 16 heavy (non-hydrogen) atoms. The highest BCUT2D eigenvalue weighted by Gasteiger charge is 2.21. The lowest BCUT2D eigenvalue weighted by molar-refractivity contribution is 0.0372. The van der Waals surface area contributed by atoms with Gasteiger partial charge in [0.05, 0.1) is 6.10 Å². The number of rotatable bonds is 3. The van der Waals surface area contributed by atoms with E-state index in [1.807, 2.05) is 0 Å². The number of thioether (sulfide) groups is 1. The van der Waals surface area contributed by atoms with E-state index in [1.165, 1.54) is 11.8 Å². The van der Waals surface area contributed by atoms with Crippen molar-refractivity contribution in [1.82, 2.24) is 9.97 Å². The van der Waals surface area contributed by atoms with Crippen LogP contribution in [0.15, 0.2) is 5.03 Å². The summed E-state index contributed by atoms with van der Waals surface area (Å²) in [5.74, 6) is -0.541. The standard InChI is InChI=1S/C9H10Cl2N2O2S/c1-4(2)15-8(14)5-6(10)12-9(11)13-7(5)16-3/h4H,1-3H3. The van der Waals surface area contributed by atoms with Crippen molar-refractivity contribution in [3.63, 3.8) is 0 Å². The summed E-state index contributed by atoms with van der Waals surface area (Å²) in [7, 11) is 0. The molecular formula is C9H10Cl2N2O2S. The summed E-state index contributed by atoms with van der Waals surface area (Å²) in [6, 6.07) is 0. The van der Waals surface area contributed by atoms with Crippen LogP contribution in [0.4, 0.5) is 0 Å². The van der Waals surface area contributed by atoms with Crippen LogP contribution in [0.2, 0.25) is 10.4 Å². The highest BCUT2D eigenvalue weighted by Crippen LogP contribution is 2.26. The predicted molar refractivity (Wildman–Crippen MR) is 64.4 cm³/mol. The third-order valence-corrected chi connectivity index (χ3v) is 2.67. The van der Waals surface area contributed by atoms with Gasteiger partial charge in [0.1, 0.15) is 15.7 Å². The number of carbonyl (C=O) groups excluding carboxylic acids is 1. The number of ether oxygens (including phenoxy) is 1. The maximum Gasteiger partial charge on any atom is 0.344 e. The number of aromatic nitrogens is 2. The molecule has 0 amide bonds. The molecule has 0 radical (unpaired) electrons. The second-order valence-corrected chi connectivity index (χ2v) is 4.61. The Bertz CT molecular complexity index is 413. The van der Waals surface area contributed by atoms with Crippen LogP contribution >= 0.6 is 35.0 Å². The molecule has 0 atom stereocenters. The molecule has 0 aliphatic heterocycles. The number of hydrogen-bond donors (Lipinski definition) is 0. The second kappa shape index (κ2) is 5.70. The Morgan fingerprint density at radius 3 is 2.50 bits per heavy atom. The quantitative estimate of drug-likeness (QED) is 0.369. The van der Waals surface area contributed by atoms with Crippen LogP contribution in [-0.2, 0) is 4.74 Å². The Kier molecular flexibility index (Phi) is 4.83. The molecule has 88 valence electrons. The number of esters is 1. The first-order valence-electron chi connectivity index (χ1n) is 4.43. The van der Waals surface area contributed by atoms with Crippen molar-refractivity contribution < 1.29 is 9.53 Å². The highest BCUT2D eigenvalue weighted by atomic mass is 35.5. The lowest BCUT2D eigenvalue weighted by Crippen LogP contribution is -2.14. The molecule has 0 spiro atoms. The van der Waals surface area contributed by atoms with Gasteiger partial charge in [0, 0.05) is 0 Å². The van der Waals surface area contributed by atoms with Gasteiger partial charge in [-0.25, -0.2) is 14.8 Å². The largest absolute Gasteiger partial charge is 0.459 e. The minimum absolute atomic E-state index is 0.00926. The van der Waals surface area contributed by atoms with Crippen LogP contribution < -0.4 is 0 Å². The fourth-order valence-corrected chi connectivity index (χ4v) is 2.11. The minimum Gasteiger partial charge on any atom is -0.459 e. The molecule has 0 unspecified atom stereocenters. The normalized spacial score (nSPS) is 10.6. The van der Waals surface area contributed by atoms with E-state index in [9.17, 15) is 4.79 Å². The third-order valence-electron chi connectivity index (χ3n) is 1.54. The van der Waals surface area contributed by atoms with Gasteiger partial charge in [-0.3, -0.25) is 0 Å². The summed E-state index contributed by atoms with van der Waals surface area (Å²) < 4.78 is 5.04. The van der Waals surface area contributed by atoms with Gasteiger partial charge in [0.2, 0.25) is 5.28 Å². The van der Waals surface area contributed by atoms with E-state index in [2.05, 4.69) is 9.97 Å². The van der Waals surface area contributed by atoms with Crippen LogP contribution in [0.3, 0.4) is 0 Å². The monoisotopic (exact) mass is 280 g/mol. The summed E-state index contributed by atoms with van der Waals surface area (Å²) in [5.41, 5.74) is 0.160. The van der Waals surface area contributed by atoms with Crippen molar-refractivity contribution in [1.29, 1.82) is 0 Å². The first-order chi connectivity index (χ1) is 7.45. The maximum atomic E-state index is 11.7. The topological polar surface area (TPSA) is 52.1 Å². The molecule has 0 aromatic carbocycles. The van der Waals surface area contributed by atoms with E-state index in [1.54, 1.807) is 20.1 Å². The van der Waals surface area contributed by atoms with E-state index in [0.717, 1.165) is 0 Å². The zero-order valence-electron chi connectivity index (χ0n) is 8.95. The first kappa shape index (κ1) is 13.5. The maximum absolute atomic E-state index is 11.7. The summed E-state index contributed by atoms with van der Waals surface area (Å²) >= 11 is 12.7. The van der Waals surface area contributed by atoms with Crippen LogP contribution in [-0.4, -0.2) is 28.3 Å². The van der Waals surface area contributed by atoms with Gasteiger partial charge < -0.3 is 4.74 Å². The Morgan fingerprint density at radius 2 is 2.00 bits per heavy atom. The van der Waals surface area contributed by atoms with Gasteiger partial charge in [-0.1, -0.05) is 11.6 Å². The smallest absolute Gasteiger partial charge is 0.344 e. The SMILES string of the molecule is CSc1nc(Cl)nc(Cl)c1C(=O)OC(C)C. The molecule has 0 aliphatic carbocycles. The fourth-order valence-electron chi connectivity index (χ4n) is 0.982. The lowest BCUT2D eigenvalue weighted by Gasteiger charge is -2.10. The van der Waals surface area contributed by atoms with Gasteiger partial charge >= 0.3 is 5.97 Å². The number of nitrogens with zero attached hydrogens (tertiary/aromatic N) is 2. The Morgan fingerprint density at radius 1 is 1.38 bits per heavy atom. The van der Waals surface area contributed by atoms with E-state index in [0.29, 0.717) is 5.03 Å². The molecule has 4 nitrogen and oxygen atoms in total. The predicted octanol–water partition coefficient (Wildman–Crippen LogP) is 3.07. The summed E-state index contributed by atoms with van der Waals surface area (Å²) in [6.07, 6.45) is 1.54. The summed E-state index contributed by atoms with van der Waals surface area (Å²) in [4.78, 5) is 19.4. The number of hydrogen-bond acceptors (Lipinski definition) is 5. The molecule has 0 bridgehead atoms. The van der Waals surface area contributed by atoms with Crippen molar-refractivity contribution in [2.75, 3.05) is 6.26 Å². The van der Waals surface area contributed by atoms with Gasteiger partial charge in [0.15, 0.2) is 0 Å². The molecule has 0 aliphatic rings. The van der Waals surface area contributed by atoms with Crippen molar-refractivity contribution in [2.45, 2.75) is 25.0 Å². The second-order valence-electron chi connectivity index (χ2n) is 3.12. The van der Waals surface area contributed by atoms with Gasteiger partial charge in [-0.05, 0) is 31.7 Å². The number of carbonyl (C=O) groups is 1. The molecule has 1 aromatic rings.